The summed E-state index contributed by atoms with van der Waals surface area (Å²) in [7, 11) is 8.69. The van der Waals surface area contributed by atoms with Crippen LogP contribution >= 0.6 is 94.4 Å². The highest BCUT2D eigenvalue weighted by Crippen LogP contribution is 2.30. The van der Waals surface area contributed by atoms with Crippen LogP contribution in [-0.2, 0) is 4.74 Å². The highest BCUT2D eigenvalue weighted by Gasteiger charge is 2.19. The van der Waals surface area contributed by atoms with Gasteiger partial charge in [-0.05, 0) is 119 Å². The molecule has 0 saturated carbocycles. The molecule has 0 aliphatic heterocycles. The lowest BCUT2D eigenvalue weighted by Gasteiger charge is -2.13. The summed E-state index contributed by atoms with van der Waals surface area (Å²) in [6.07, 6.45) is 7.04. The van der Waals surface area contributed by atoms with Crippen LogP contribution in [0.5, 0.6) is 0 Å². The molecule has 0 aliphatic rings. The molecule has 0 aromatic carbocycles. The molecule has 14 N–H and O–H groups in total. The van der Waals surface area contributed by atoms with Crippen molar-refractivity contribution in [3.8, 4) is 0 Å². The molecule has 8 aromatic heterocycles. The van der Waals surface area contributed by atoms with Crippen LogP contribution < -0.4 is 64.6 Å². The Kier molecular flexibility index (Phi) is 51.1. The fraction of sp³-hybridized carbons (Fsp3) is 0.571. The number of ether oxygens (including phenoxy) is 1. The van der Waals surface area contributed by atoms with Gasteiger partial charge < -0.3 is 69.4 Å². The molecule has 37 heteroatoms. The van der Waals surface area contributed by atoms with Gasteiger partial charge in [-0.15, -0.1) is 24.8 Å². The molecule has 8 rings (SSSR count). The van der Waals surface area contributed by atoms with Crippen LogP contribution in [0.4, 0.5) is 58.7 Å². The van der Waals surface area contributed by atoms with Crippen molar-refractivity contribution in [3.63, 3.8) is 0 Å². The van der Waals surface area contributed by atoms with Gasteiger partial charge in [-0.25, -0.2) is 49.8 Å². The van der Waals surface area contributed by atoms with E-state index in [2.05, 4.69) is 187 Å². The average Bonchev–Trinajstić information content (AvgIpc) is 0.898. The first-order valence-electron chi connectivity index (χ1n) is 29.3. The zero-order valence-corrected chi connectivity index (χ0v) is 60.3. The number of nitrogens with one attached hydrogen (secondary N) is 10. The molecule has 0 aliphatic carbocycles. The SMILES string of the molecule is C.C.CCCN.CCCNc1nc(Cl)nc2c(NCCC)nc(Cl)nc12.CCCNc1nc(NC)nc2c(NCCC)nc(NC)nc12.CCCNc1nc(NC)nc2c(NCCC)nc(NC)nc12.CCOCC.CN.Cl.Cl.Clc1nc(Cl)c2nc(Cl)nc(Cl)c2n1. The van der Waals surface area contributed by atoms with Gasteiger partial charge in [0.25, 0.3) is 0 Å². The molecule has 93 heavy (non-hydrogen) atoms. The Morgan fingerprint density at radius 1 is 0.301 bits per heavy atom. The third kappa shape index (κ3) is 30.4. The third-order valence-electron chi connectivity index (χ3n) is 10.8. The van der Waals surface area contributed by atoms with Gasteiger partial charge in [0.2, 0.25) is 44.9 Å². The zero-order chi connectivity index (χ0) is 66.3. The maximum Gasteiger partial charge on any atom is 0.225 e. The molecule has 0 spiro atoms. The maximum absolute atomic E-state index is 5.97. The second-order valence-electron chi connectivity index (χ2n) is 17.8. The number of aromatic nitrogens is 16. The Hall–Kier alpha value is -6.12. The number of fused-ring (bicyclic) bond motifs is 4. The largest absolute Gasteiger partial charge is 0.382 e. The predicted molar refractivity (Wildman–Crippen MR) is 401 cm³/mol. The number of halogens is 8. The Balaban J connectivity index is -0.00000109. The molecule has 0 saturated heterocycles. The highest BCUT2D eigenvalue weighted by molar-refractivity contribution is 6.39. The van der Waals surface area contributed by atoms with E-state index in [9.17, 15) is 0 Å². The van der Waals surface area contributed by atoms with E-state index < -0.39 is 0 Å². The Bertz CT molecular complexity index is 3020. The summed E-state index contributed by atoms with van der Waals surface area (Å²) in [6.45, 7) is 25.9. The summed E-state index contributed by atoms with van der Waals surface area (Å²) >= 11 is 34.6. The molecule has 0 amide bonds. The summed E-state index contributed by atoms with van der Waals surface area (Å²) < 4.78 is 4.83. The number of anilines is 10. The lowest BCUT2D eigenvalue weighted by Crippen LogP contribution is -2.11. The first-order valence-corrected chi connectivity index (χ1v) is 31.6. The quantitative estimate of drug-likeness (QED) is 0.0187. The standard InChI is InChI=1S/2C14H24N8.C12H16Cl2N6.C6Cl4N4.C4H10O.C3H9N.CH5N.2CH4.2ClH/c2*1-5-7-17-11-9-10(20-13(15-3)21-11)12(18-8-6-2)22-14(16-4)19-9;1-3-5-15-9-7-8(18-11(13)19-9)10(16-6-4-2)20-12(14)17-7;7-3-1-2(12-6(10)13-3)4(8)14-5(9)11-1;1-3-5-4-2;1-2-3-4;1-2;;;;/h2*5-8H2,1-4H3,(H2,15,17,20,21)(H2,16,18,19,22);3-6H2,1-2H3,(H,15,18,19)(H,16,17,20);;3-4H2,1-2H3;2-4H2,1H3;2H2,1H3;2*1H4;2*1H. The molecule has 524 valence electrons. The van der Waals surface area contributed by atoms with Crippen LogP contribution in [0.3, 0.4) is 0 Å². The lowest BCUT2D eigenvalue weighted by atomic mass is 10.3. The molecular formula is C56H98Cl8N28O. The van der Waals surface area contributed by atoms with Gasteiger partial charge in [0, 0.05) is 80.7 Å². The van der Waals surface area contributed by atoms with Gasteiger partial charge in [-0.3, -0.25) is 0 Å². The number of hydrogen-bond donors (Lipinski definition) is 12. The Morgan fingerprint density at radius 3 is 0.677 bits per heavy atom. The predicted octanol–water partition coefficient (Wildman–Crippen LogP) is 13.8. The van der Waals surface area contributed by atoms with Crippen molar-refractivity contribution in [2.24, 2.45) is 11.5 Å². The Labute approximate surface area is 590 Å². The normalized spacial score (nSPS) is 9.78. The molecular weight excluding hydrogens is 1360 g/mol. The van der Waals surface area contributed by atoms with Gasteiger partial charge in [0.05, 0.1) is 0 Å². The number of nitrogens with zero attached hydrogens (tertiary/aromatic N) is 16. The smallest absolute Gasteiger partial charge is 0.225 e. The molecule has 8 aromatic rings. The van der Waals surface area contributed by atoms with Crippen molar-refractivity contribution in [2.75, 3.05) is 147 Å². The van der Waals surface area contributed by atoms with E-state index in [0.29, 0.717) is 68.5 Å². The molecule has 0 atom stereocenters. The maximum atomic E-state index is 5.97. The van der Waals surface area contributed by atoms with Crippen molar-refractivity contribution < 1.29 is 4.74 Å². The summed E-state index contributed by atoms with van der Waals surface area (Å²) in [5.41, 5.74) is 14.1. The fourth-order valence-electron chi connectivity index (χ4n) is 6.74. The average molecular weight is 1460 g/mol. The minimum atomic E-state index is -0.0182. The van der Waals surface area contributed by atoms with E-state index in [-0.39, 0.29) is 82.1 Å². The first kappa shape index (κ1) is 91.1. The second-order valence-corrected chi connectivity index (χ2v) is 19.8. The highest BCUT2D eigenvalue weighted by atomic mass is 35.5. The molecule has 0 radical (unpaired) electrons. The monoisotopic (exact) mass is 1460 g/mol. The van der Waals surface area contributed by atoms with Gasteiger partial charge in [0.15, 0.2) is 45.2 Å². The number of hydrogen-bond acceptors (Lipinski definition) is 29. The van der Waals surface area contributed by atoms with Crippen molar-refractivity contribution >= 4 is 197 Å². The topological polar surface area (TPSA) is 388 Å². The minimum absolute atomic E-state index is 0. The summed E-state index contributed by atoms with van der Waals surface area (Å²) in [6, 6.07) is 0. The summed E-state index contributed by atoms with van der Waals surface area (Å²) in [5.74, 6) is 6.21. The third-order valence-corrected chi connectivity index (χ3v) is 12.0. The van der Waals surface area contributed by atoms with Gasteiger partial charge in [-0.2, -0.15) is 29.9 Å². The van der Waals surface area contributed by atoms with Gasteiger partial charge in [0.1, 0.15) is 44.1 Å². The van der Waals surface area contributed by atoms with E-state index in [4.69, 9.17) is 80.1 Å². The lowest BCUT2D eigenvalue weighted by molar-refractivity contribution is 0.162. The van der Waals surface area contributed by atoms with E-state index in [1.807, 2.05) is 13.8 Å². The molecule has 0 fully saturated rings. The van der Waals surface area contributed by atoms with Crippen LogP contribution in [0.15, 0.2) is 0 Å². The summed E-state index contributed by atoms with van der Waals surface area (Å²) in [5, 5.41) is 32.0. The molecule has 0 unspecified atom stereocenters. The van der Waals surface area contributed by atoms with Crippen LogP contribution in [0.25, 0.3) is 44.1 Å². The zero-order valence-electron chi connectivity index (χ0n) is 54.1. The van der Waals surface area contributed by atoms with Gasteiger partial charge >= 0.3 is 0 Å². The summed E-state index contributed by atoms with van der Waals surface area (Å²) in [4.78, 5) is 67.8. The van der Waals surface area contributed by atoms with Crippen LogP contribution in [-0.4, -0.2) is 174 Å². The molecule has 8 heterocycles. The van der Waals surface area contributed by atoms with Crippen LogP contribution in [0, 0.1) is 0 Å². The van der Waals surface area contributed by atoms with Crippen LogP contribution in [0.2, 0.25) is 31.4 Å². The van der Waals surface area contributed by atoms with E-state index in [0.717, 1.165) is 127 Å². The van der Waals surface area contributed by atoms with Crippen molar-refractivity contribution in [3.05, 3.63) is 31.4 Å². The fourth-order valence-corrected chi connectivity index (χ4v) is 7.93. The van der Waals surface area contributed by atoms with Gasteiger partial charge in [-0.1, -0.05) is 86.5 Å². The van der Waals surface area contributed by atoms with Crippen molar-refractivity contribution in [1.82, 2.24) is 79.7 Å². The van der Waals surface area contributed by atoms with Crippen molar-refractivity contribution in [2.45, 2.75) is 122 Å². The van der Waals surface area contributed by atoms with Crippen molar-refractivity contribution in [1.29, 1.82) is 0 Å². The first-order chi connectivity index (χ1) is 43.0. The second kappa shape index (κ2) is 52.2. The number of rotatable bonds is 25. The number of nitrogens with two attached hydrogens (primary N) is 2. The van der Waals surface area contributed by atoms with E-state index in [1.54, 1.807) is 28.2 Å². The van der Waals surface area contributed by atoms with E-state index >= 15 is 0 Å². The minimum Gasteiger partial charge on any atom is -0.382 e. The van der Waals surface area contributed by atoms with Crippen LogP contribution in [0.1, 0.15) is 122 Å². The molecule has 29 nitrogen and oxygen atoms in total. The Morgan fingerprint density at radius 2 is 0.495 bits per heavy atom. The van der Waals surface area contributed by atoms with E-state index in [1.165, 1.54) is 7.05 Å². The molecule has 0 bridgehead atoms.